The normalized spacial score (nSPS) is 9.79. The van der Waals surface area contributed by atoms with E-state index in [9.17, 15) is 9.59 Å². The van der Waals surface area contributed by atoms with Crippen LogP contribution in [-0.4, -0.2) is 59.4 Å². The monoisotopic (exact) mass is 614 g/mol. The van der Waals surface area contributed by atoms with E-state index >= 15 is 0 Å². The molecular weight excluding hydrogens is 592 g/mol. The Labute approximate surface area is 208 Å². The van der Waals surface area contributed by atoms with Crippen LogP contribution in [0.5, 0.6) is 0 Å². The highest BCUT2D eigenvalue weighted by Crippen LogP contribution is 2.12. The molecule has 0 radical (unpaired) electrons. The average Bonchev–Trinajstić information content (AvgIpc) is 2.73. The Hall–Kier alpha value is -2.39. The van der Waals surface area contributed by atoms with E-state index in [4.69, 9.17) is 27.7 Å². The molecule has 2 aromatic carbocycles. The summed E-state index contributed by atoms with van der Waals surface area (Å²) in [7, 11) is -2.31. The molecule has 0 atom stereocenters. The molecule has 0 aliphatic rings. The number of ether oxygens (including phenoxy) is 1. The second-order valence-electron chi connectivity index (χ2n) is 5.08. The topological polar surface area (TPSA) is 190 Å². The highest BCUT2D eigenvalue weighted by molar-refractivity contribution is 9.10. The number of aliphatic hydroxyl groups excluding tert-OH is 1. The third kappa shape index (κ3) is 25.7. The fourth-order valence-electron chi connectivity index (χ4n) is 1.55. The van der Waals surface area contributed by atoms with Crippen molar-refractivity contribution in [1.29, 1.82) is 0 Å². The maximum absolute atomic E-state index is 10.7. The number of halogens is 2. The van der Waals surface area contributed by atoms with E-state index in [0.29, 0.717) is 0 Å². The van der Waals surface area contributed by atoms with Crippen LogP contribution in [0.2, 0.25) is 0 Å². The van der Waals surface area contributed by atoms with E-state index < -0.39 is 16.4 Å². The largest absolute Gasteiger partial charge is 0.478 e. The number of carboxylic acid groups (broad SMARTS) is 1. The van der Waals surface area contributed by atoms with Gasteiger partial charge in [0.1, 0.15) is 0 Å². The highest BCUT2D eigenvalue weighted by Gasteiger charge is 1.92. The summed E-state index contributed by atoms with van der Waals surface area (Å²) >= 11 is 6.61. The first-order chi connectivity index (χ1) is 14.9. The molecule has 0 aliphatic heterocycles. The number of hydrogen-bond acceptors (Lipinski definition) is 6. The van der Waals surface area contributed by atoms with Crippen molar-refractivity contribution in [3.05, 3.63) is 80.8 Å². The fraction of sp³-hybridized carbons (Fsp3) is 0.100. The van der Waals surface area contributed by atoms with Crippen LogP contribution in [0.25, 0.3) is 12.2 Å². The summed E-state index contributed by atoms with van der Waals surface area (Å²) in [4.78, 5) is 20.9. The van der Waals surface area contributed by atoms with E-state index in [-0.39, 0.29) is 11.4 Å². The third-order valence-electron chi connectivity index (χ3n) is 2.77. The number of rotatable bonds is 4. The molecule has 0 spiro atoms. The van der Waals surface area contributed by atoms with Crippen molar-refractivity contribution in [3.63, 3.8) is 0 Å². The number of aliphatic carboxylic acids is 1. The number of esters is 1. The Morgan fingerprint density at radius 2 is 1.12 bits per heavy atom. The Bertz CT molecular complexity index is 963. The molecule has 0 aromatic heterocycles. The molecule has 0 aliphatic carbocycles. The first-order valence-electron chi connectivity index (χ1n) is 8.23. The SMILES string of the molecule is CO.COC(=O)/C=C/c1ccc(Br)cc1.O.O=C(O)/C=C/c1ccc(Br)cc1.O=S(=O)(O)O. The molecule has 0 saturated heterocycles. The molecule has 2 rings (SSSR count). The number of methoxy groups -OCH3 is 1. The molecule has 2 aromatic rings. The Morgan fingerprint density at radius 3 is 1.39 bits per heavy atom. The zero-order chi connectivity index (χ0) is 25.2. The van der Waals surface area contributed by atoms with Crippen molar-refractivity contribution in [3.8, 4) is 0 Å². The number of carboxylic acids is 1. The van der Waals surface area contributed by atoms with Gasteiger partial charge in [-0.05, 0) is 47.5 Å². The van der Waals surface area contributed by atoms with Gasteiger partial charge in [0.05, 0.1) is 7.11 Å². The van der Waals surface area contributed by atoms with Gasteiger partial charge < -0.3 is 20.4 Å². The molecule has 10 nitrogen and oxygen atoms in total. The van der Waals surface area contributed by atoms with Crippen LogP contribution in [0, 0.1) is 0 Å². The second-order valence-corrected chi connectivity index (χ2v) is 7.81. The molecule has 0 fully saturated rings. The lowest BCUT2D eigenvalue weighted by Crippen LogP contribution is -1.93. The Kier molecular flexibility index (Phi) is 21.6. The minimum atomic E-state index is -4.67. The quantitative estimate of drug-likeness (QED) is 0.227. The number of carbonyl (C=O) groups excluding carboxylic acids is 1. The summed E-state index contributed by atoms with van der Waals surface area (Å²) in [5, 5.41) is 15.3. The molecule has 0 saturated carbocycles. The van der Waals surface area contributed by atoms with Gasteiger partial charge in [0.25, 0.3) is 0 Å². The van der Waals surface area contributed by atoms with Crippen molar-refractivity contribution in [2.75, 3.05) is 14.2 Å². The van der Waals surface area contributed by atoms with E-state index in [1.165, 1.54) is 13.2 Å². The van der Waals surface area contributed by atoms with E-state index in [1.54, 1.807) is 12.2 Å². The van der Waals surface area contributed by atoms with Crippen LogP contribution in [0.4, 0.5) is 0 Å². The van der Waals surface area contributed by atoms with Crippen molar-refractivity contribution < 1.29 is 47.5 Å². The summed E-state index contributed by atoms with van der Waals surface area (Å²) in [5.41, 5.74) is 1.84. The van der Waals surface area contributed by atoms with Crippen molar-refractivity contribution in [1.82, 2.24) is 0 Å². The number of hydrogen-bond donors (Lipinski definition) is 4. The van der Waals surface area contributed by atoms with Gasteiger partial charge in [0.15, 0.2) is 0 Å². The number of carbonyl (C=O) groups is 2. The summed E-state index contributed by atoms with van der Waals surface area (Å²) in [5.74, 6) is -1.28. The summed E-state index contributed by atoms with van der Waals surface area (Å²) in [6.45, 7) is 0. The highest BCUT2D eigenvalue weighted by atomic mass is 79.9. The zero-order valence-electron chi connectivity index (χ0n) is 17.4. The van der Waals surface area contributed by atoms with E-state index in [1.807, 2.05) is 48.5 Å². The van der Waals surface area contributed by atoms with Crippen LogP contribution < -0.4 is 0 Å². The minimum absolute atomic E-state index is 0. The maximum Gasteiger partial charge on any atom is 0.394 e. The van der Waals surface area contributed by atoms with Gasteiger partial charge in [0, 0.05) is 28.2 Å². The zero-order valence-corrected chi connectivity index (χ0v) is 21.4. The van der Waals surface area contributed by atoms with Gasteiger partial charge in [-0.1, -0.05) is 56.1 Å². The molecule has 0 amide bonds. The lowest BCUT2D eigenvalue weighted by atomic mass is 10.2. The second kappa shape index (κ2) is 20.2. The van der Waals surface area contributed by atoms with Crippen molar-refractivity contribution >= 4 is 66.3 Å². The molecule has 13 heteroatoms. The Morgan fingerprint density at radius 1 is 0.818 bits per heavy atom. The maximum atomic E-state index is 10.7. The third-order valence-corrected chi connectivity index (χ3v) is 3.83. The first-order valence-corrected chi connectivity index (χ1v) is 11.2. The lowest BCUT2D eigenvalue weighted by molar-refractivity contribution is -0.135. The van der Waals surface area contributed by atoms with Gasteiger partial charge >= 0.3 is 22.3 Å². The van der Waals surface area contributed by atoms with Gasteiger partial charge in [-0.15, -0.1) is 0 Å². The Balaban J connectivity index is -0.000000419. The van der Waals surface area contributed by atoms with Crippen molar-refractivity contribution in [2.24, 2.45) is 0 Å². The standard InChI is InChI=1S/C10H9BrO2.C9H7BrO2.CH4O.H2O4S.H2O/c1-13-10(12)7-4-8-2-5-9(11)6-3-8;10-8-4-1-7(2-5-8)3-6-9(11)12;1-2;1-5(2,3)4;/h2-7H,1H3;1-6H,(H,11,12);2H,1H3;(H2,1,2,3,4);1H2/b7-4+;6-3+;;;. The first kappa shape index (κ1) is 35.2. The lowest BCUT2D eigenvalue weighted by Gasteiger charge is -1.93. The number of aliphatic hydroxyl groups is 1. The van der Waals surface area contributed by atoms with Crippen LogP contribution >= 0.6 is 31.9 Å². The molecule has 0 heterocycles. The molecule has 0 bridgehead atoms. The predicted molar refractivity (Wildman–Crippen MR) is 132 cm³/mol. The molecule has 6 N–H and O–H groups in total. The smallest absolute Gasteiger partial charge is 0.394 e. The summed E-state index contributed by atoms with van der Waals surface area (Å²) < 4.78 is 38.0. The van der Waals surface area contributed by atoms with E-state index in [2.05, 4.69) is 36.6 Å². The van der Waals surface area contributed by atoms with Crippen LogP contribution in [-0.2, 0) is 24.7 Å². The molecule has 184 valence electrons. The van der Waals surface area contributed by atoms with Crippen LogP contribution in [0.3, 0.4) is 0 Å². The average molecular weight is 616 g/mol. The van der Waals surface area contributed by atoms with E-state index in [0.717, 1.165) is 33.3 Å². The molecular formula is C20H24Br2O10S. The fourth-order valence-corrected chi connectivity index (χ4v) is 2.08. The minimum Gasteiger partial charge on any atom is -0.478 e. The summed E-state index contributed by atoms with van der Waals surface area (Å²) in [6, 6.07) is 15.0. The summed E-state index contributed by atoms with van der Waals surface area (Å²) in [6.07, 6.45) is 5.76. The van der Waals surface area contributed by atoms with Crippen LogP contribution in [0.1, 0.15) is 11.1 Å². The number of benzene rings is 2. The molecule has 0 unspecified atom stereocenters. The molecule has 33 heavy (non-hydrogen) atoms. The van der Waals surface area contributed by atoms with Gasteiger partial charge in [0.2, 0.25) is 0 Å². The van der Waals surface area contributed by atoms with Gasteiger partial charge in [-0.25, -0.2) is 9.59 Å². The predicted octanol–water partition coefficient (Wildman–Crippen LogP) is 3.31. The van der Waals surface area contributed by atoms with Crippen LogP contribution in [0.15, 0.2) is 69.6 Å². The van der Waals surface area contributed by atoms with Gasteiger partial charge in [-0.2, -0.15) is 8.42 Å². The van der Waals surface area contributed by atoms with Gasteiger partial charge in [-0.3, -0.25) is 9.11 Å². The van der Waals surface area contributed by atoms with Crippen molar-refractivity contribution in [2.45, 2.75) is 0 Å².